The molecule has 0 spiro atoms. The highest BCUT2D eigenvalue weighted by atomic mass is 16.3. The maximum absolute atomic E-state index is 10.8. The number of benzene rings is 1. The van der Waals surface area contributed by atoms with Gasteiger partial charge in [-0.05, 0) is 42.4 Å². The summed E-state index contributed by atoms with van der Waals surface area (Å²) in [5.74, 6) is 1.27. The third kappa shape index (κ3) is 2.57. The molecule has 1 aromatic carbocycles. The number of pyridine rings is 1. The normalized spacial score (nSPS) is 24.7. The average Bonchev–Trinajstić information content (AvgIpc) is 2.54. The van der Waals surface area contributed by atoms with Crippen LogP contribution < -0.4 is 0 Å². The van der Waals surface area contributed by atoms with E-state index in [0.717, 1.165) is 35.2 Å². The maximum atomic E-state index is 10.8. The highest BCUT2D eigenvalue weighted by Crippen LogP contribution is 2.39. The molecule has 1 aliphatic carbocycles. The Labute approximate surface area is 120 Å². The van der Waals surface area contributed by atoms with Crippen molar-refractivity contribution in [2.75, 3.05) is 0 Å². The standard InChI is InChI=1S/C18H23NO/c1-2-13-8-10-14(11-9-13)18(20)16-5-3-7-17-15(16)6-4-12-19-17/h3-7,12-14,18,20H,2,8-11H2,1H3. The van der Waals surface area contributed by atoms with Gasteiger partial charge in [0.25, 0.3) is 0 Å². The largest absolute Gasteiger partial charge is 0.388 e. The number of hydrogen-bond donors (Lipinski definition) is 1. The van der Waals surface area contributed by atoms with Crippen molar-refractivity contribution in [2.45, 2.75) is 45.1 Å². The number of fused-ring (bicyclic) bond motifs is 1. The van der Waals surface area contributed by atoms with Crippen molar-refractivity contribution in [3.05, 3.63) is 42.1 Å². The molecular weight excluding hydrogens is 246 g/mol. The predicted octanol–water partition coefficient (Wildman–Crippen LogP) is 4.48. The highest BCUT2D eigenvalue weighted by Gasteiger charge is 2.27. The number of aliphatic hydroxyl groups excluding tert-OH is 1. The van der Waals surface area contributed by atoms with E-state index in [1.165, 1.54) is 19.3 Å². The Morgan fingerprint density at radius 1 is 1.15 bits per heavy atom. The zero-order valence-corrected chi connectivity index (χ0v) is 12.1. The molecule has 0 amide bonds. The molecule has 1 saturated carbocycles. The van der Waals surface area contributed by atoms with Gasteiger partial charge in [-0.3, -0.25) is 4.98 Å². The van der Waals surface area contributed by atoms with Crippen molar-refractivity contribution >= 4 is 10.9 Å². The van der Waals surface area contributed by atoms with Crippen LogP contribution >= 0.6 is 0 Å². The molecule has 0 bridgehead atoms. The zero-order valence-electron chi connectivity index (χ0n) is 12.1. The number of aliphatic hydroxyl groups is 1. The van der Waals surface area contributed by atoms with E-state index in [1.54, 1.807) is 0 Å². The summed E-state index contributed by atoms with van der Waals surface area (Å²) in [7, 11) is 0. The van der Waals surface area contributed by atoms with Crippen LogP contribution in [0.25, 0.3) is 10.9 Å². The van der Waals surface area contributed by atoms with Crippen molar-refractivity contribution in [3.63, 3.8) is 0 Å². The summed E-state index contributed by atoms with van der Waals surface area (Å²) in [6.45, 7) is 2.28. The molecule has 2 nitrogen and oxygen atoms in total. The minimum atomic E-state index is -0.347. The van der Waals surface area contributed by atoms with Crippen molar-refractivity contribution in [1.82, 2.24) is 4.98 Å². The summed E-state index contributed by atoms with van der Waals surface area (Å²) < 4.78 is 0. The van der Waals surface area contributed by atoms with Crippen molar-refractivity contribution < 1.29 is 5.11 Å². The lowest BCUT2D eigenvalue weighted by Crippen LogP contribution is -2.20. The third-order valence-electron chi connectivity index (χ3n) is 4.91. The first-order valence-electron chi connectivity index (χ1n) is 7.81. The average molecular weight is 269 g/mol. The van der Waals surface area contributed by atoms with Gasteiger partial charge in [-0.2, -0.15) is 0 Å². The molecule has 2 heteroatoms. The Bertz CT molecular complexity index is 567. The van der Waals surface area contributed by atoms with Crippen LogP contribution in [0, 0.1) is 11.8 Å². The van der Waals surface area contributed by atoms with E-state index < -0.39 is 0 Å². The first kappa shape index (κ1) is 13.6. The van der Waals surface area contributed by atoms with Crippen LogP contribution in [0.4, 0.5) is 0 Å². The maximum Gasteiger partial charge on any atom is 0.0824 e. The second-order valence-corrected chi connectivity index (χ2v) is 6.05. The molecule has 0 radical (unpaired) electrons. The van der Waals surface area contributed by atoms with Crippen molar-refractivity contribution in [3.8, 4) is 0 Å². The molecule has 1 aromatic heterocycles. The Morgan fingerprint density at radius 2 is 1.95 bits per heavy atom. The van der Waals surface area contributed by atoms with Gasteiger partial charge in [-0.1, -0.05) is 44.4 Å². The molecule has 1 aliphatic rings. The van der Waals surface area contributed by atoms with Gasteiger partial charge in [0.15, 0.2) is 0 Å². The molecule has 1 unspecified atom stereocenters. The Morgan fingerprint density at radius 3 is 2.70 bits per heavy atom. The van der Waals surface area contributed by atoms with E-state index >= 15 is 0 Å². The zero-order chi connectivity index (χ0) is 13.9. The molecule has 1 N–H and O–H groups in total. The summed E-state index contributed by atoms with van der Waals surface area (Å²) in [5, 5.41) is 11.9. The summed E-state index contributed by atoms with van der Waals surface area (Å²) in [6, 6.07) is 10.1. The highest BCUT2D eigenvalue weighted by molar-refractivity contribution is 5.82. The molecule has 2 aromatic rings. The monoisotopic (exact) mass is 269 g/mol. The fourth-order valence-electron chi connectivity index (χ4n) is 3.55. The fourth-order valence-corrected chi connectivity index (χ4v) is 3.55. The van der Waals surface area contributed by atoms with E-state index in [1.807, 2.05) is 24.4 Å². The first-order chi connectivity index (χ1) is 9.79. The summed E-state index contributed by atoms with van der Waals surface area (Å²) in [6.07, 6.45) is 7.57. The molecule has 106 valence electrons. The second kappa shape index (κ2) is 5.92. The number of hydrogen-bond acceptors (Lipinski definition) is 2. The summed E-state index contributed by atoms with van der Waals surface area (Å²) >= 11 is 0. The van der Waals surface area contributed by atoms with Crippen molar-refractivity contribution in [2.24, 2.45) is 11.8 Å². The van der Waals surface area contributed by atoms with Gasteiger partial charge in [0.1, 0.15) is 0 Å². The Kier molecular flexibility index (Phi) is 4.02. The van der Waals surface area contributed by atoms with Crippen LogP contribution in [0.1, 0.15) is 50.7 Å². The van der Waals surface area contributed by atoms with Gasteiger partial charge in [-0.15, -0.1) is 0 Å². The van der Waals surface area contributed by atoms with Gasteiger partial charge >= 0.3 is 0 Å². The first-order valence-corrected chi connectivity index (χ1v) is 7.81. The SMILES string of the molecule is CCC1CCC(C(O)c2cccc3ncccc23)CC1. The van der Waals surface area contributed by atoms with Crippen molar-refractivity contribution in [1.29, 1.82) is 0 Å². The van der Waals surface area contributed by atoms with E-state index in [9.17, 15) is 5.11 Å². The number of nitrogens with zero attached hydrogens (tertiary/aromatic N) is 1. The second-order valence-electron chi connectivity index (χ2n) is 6.05. The minimum absolute atomic E-state index is 0.347. The van der Waals surface area contributed by atoms with Gasteiger partial charge in [0, 0.05) is 11.6 Å². The lowest BCUT2D eigenvalue weighted by molar-refractivity contribution is 0.0740. The molecule has 3 rings (SSSR count). The van der Waals surface area contributed by atoms with Gasteiger partial charge in [0.2, 0.25) is 0 Å². The van der Waals surface area contributed by atoms with E-state index in [-0.39, 0.29) is 6.10 Å². The van der Waals surface area contributed by atoms with E-state index in [4.69, 9.17) is 0 Å². The van der Waals surface area contributed by atoms with Crippen LogP contribution in [0.15, 0.2) is 36.5 Å². The molecule has 20 heavy (non-hydrogen) atoms. The topological polar surface area (TPSA) is 33.1 Å². The van der Waals surface area contributed by atoms with Gasteiger partial charge < -0.3 is 5.11 Å². The number of aromatic nitrogens is 1. The van der Waals surface area contributed by atoms with E-state index in [2.05, 4.69) is 24.0 Å². The van der Waals surface area contributed by atoms with E-state index in [0.29, 0.717) is 5.92 Å². The van der Waals surface area contributed by atoms with Gasteiger partial charge in [0.05, 0.1) is 11.6 Å². The summed E-state index contributed by atoms with van der Waals surface area (Å²) in [5.41, 5.74) is 2.03. The minimum Gasteiger partial charge on any atom is -0.388 e. The smallest absolute Gasteiger partial charge is 0.0824 e. The van der Waals surface area contributed by atoms with Crippen LogP contribution in [0.5, 0.6) is 0 Å². The quantitative estimate of drug-likeness (QED) is 0.891. The van der Waals surface area contributed by atoms with Gasteiger partial charge in [-0.25, -0.2) is 0 Å². The molecule has 1 atom stereocenters. The molecule has 1 heterocycles. The van der Waals surface area contributed by atoms with Crippen LogP contribution in [0.3, 0.4) is 0 Å². The lowest BCUT2D eigenvalue weighted by atomic mass is 9.76. The van der Waals surface area contributed by atoms with Crippen LogP contribution in [-0.2, 0) is 0 Å². The molecule has 0 aliphatic heterocycles. The molecule has 0 saturated heterocycles. The molecular formula is C18H23NO. The number of rotatable bonds is 3. The third-order valence-corrected chi connectivity index (χ3v) is 4.91. The predicted molar refractivity (Wildman–Crippen MR) is 82.4 cm³/mol. The Hall–Kier alpha value is -1.41. The summed E-state index contributed by atoms with van der Waals surface area (Å²) in [4.78, 5) is 4.38. The lowest BCUT2D eigenvalue weighted by Gasteiger charge is -2.31. The fraction of sp³-hybridized carbons (Fsp3) is 0.500. The van der Waals surface area contributed by atoms with Crippen LogP contribution in [0.2, 0.25) is 0 Å². The van der Waals surface area contributed by atoms with Crippen LogP contribution in [-0.4, -0.2) is 10.1 Å². The Balaban J connectivity index is 1.84. The molecule has 1 fully saturated rings.